The highest BCUT2D eigenvalue weighted by atomic mass is 35.5. The maximum atomic E-state index is 6.30. The summed E-state index contributed by atoms with van der Waals surface area (Å²) < 4.78 is 5.74. The van der Waals surface area contributed by atoms with Gasteiger partial charge in [-0.25, -0.2) is 0 Å². The van der Waals surface area contributed by atoms with Crippen molar-refractivity contribution in [1.82, 2.24) is 0 Å². The first kappa shape index (κ1) is 13.5. The third-order valence-electron chi connectivity index (χ3n) is 3.62. The van der Waals surface area contributed by atoms with E-state index in [2.05, 4.69) is 0 Å². The van der Waals surface area contributed by atoms with Gasteiger partial charge in [-0.3, -0.25) is 0 Å². The van der Waals surface area contributed by atoms with E-state index in [1.165, 1.54) is 12.8 Å². The van der Waals surface area contributed by atoms with E-state index in [0.29, 0.717) is 6.10 Å². The molecule has 1 saturated carbocycles. The Hall–Kier alpha value is -1.51. The van der Waals surface area contributed by atoms with E-state index < -0.39 is 0 Å². The van der Waals surface area contributed by atoms with Crippen molar-refractivity contribution in [3.8, 4) is 5.75 Å². The SMILES string of the molecule is Cc1ccc(C(N)c2ccc(OC3CC3)cc2)cc1Cl. The van der Waals surface area contributed by atoms with Crippen LogP contribution >= 0.6 is 11.6 Å². The van der Waals surface area contributed by atoms with Crippen molar-refractivity contribution in [3.05, 3.63) is 64.2 Å². The molecule has 1 atom stereocenters. The van der Waals surface area contributed by atoms with Gasteiger partial charge in [-0.2, -0.15) is 0 Å². The van der Waals surface area contributed by atoms with Gasteiger partial charge in [0.2, 0.25) is 0 Å². The van der Waals surface area contributed by atoms with Gasteiger partial charge in [0.1, 0.15) is 5.75 Å². The van der Waals surface area contributed by atoms with Crippen LogP contribution in [0.15, 0.2) is 42.5 Å². The lowest BCUT2D eigenvalue weighted by Crippen LogP contribution is -2.11. The summed E-state index contributed by atoms with van der Waals surface area (Å²) in [6.45, 7) is 1.99. The lowest BCUT2D eigenvalue weighted by Gasteiger charge is -2.14. The van der Waals surface area contributed by atoms with Gasteiger partial charge < -0.3 is 10.5 Å². The van der Waals surface area contributed by atoms with Crippen LogP contribution in [0.25, 0.3) is 0 Å². The number of ether oxygens (including phenoxy) is 1. The summed E-state index contributed by atoms with van der Waals surface area (Å²) in [6, 6.07) is 13.8. The Labute approximate surface area is 124 Å². The number of aryl methyl sites for hydroxylation is 1. The summed E-state index contributed by atoms with van der Waals surface area (Å²) >= 11 is 6.16. The Balaban J connectivity index is 1.78. The molecule has 104 valence electrons. The standard InChI is InChI=1S/C17H18ClNO/c1-11-2-3-13(10-16(11)18)17(19)12-4-6-14(7-5-12)20-15-8-9-15/h2-7,10,15,17H,8-9,19H2,1H3. The molecule has 1 aliphatic rings. The topological polar surface area (TPSA) is 35.2 Å². The van der Waals surface area contributed by atoms with Crippen LogP contribution in [0, 0.1) is 6.92 Å². The summed E-state index contributed by atoms with van der Waals surface area (Å²) in [4.78, 5) is 0. The van der Waals surface area contributed by atoms with Gasteiger partial charge >= 0.3 is 0 Å². The highest BCUT2D eigenvalue weighted by Crippen LogP contribution is 2.29. The molecule has 20 heavy (non-hydrogen) atoms. The minimum Gasteiger partial charge on any atom is -0.490 e. The molecule has 2 N–H and O–H groups in total. The van der Waals surface area contributed by atoms with Crippen molar-refractivity contribution < 1.29 is 4.74 Å². The number of hydrogen-bond acceptors (Lipinski definition) is 2. The molecule has 1 fully saturated rings. The maximum absolute atomic E-state index is 6.30. The predicted molar refractivity (Wildman–Crippen MR) is 82.3 cm³/mol. The van der Waals surface area contributed by atoms with Crippen LogP contribution in [0.1, 0.15) is 35.6 Å². The molecule has 0 heterocycles. The van der Waals surface area contributed by atoms with Gasteiger partial charge in [0, 0.05) is 5.02 Å². The minimum absolute atomic E-state index is 0.164. The normalized spacial score (nSPS) is 15.9. The highest BCUT2D eigenvalue weighted by molar-refractivity contribution is 6.31. The molecule has 0 saturated heterocycles. The average Bonchev–Trinajstić information content (AvgIpc) is 3.26. The lowest BCUT2D eigenvalue weighted by atomic mass is 9.99. The quantitative estimate of drug-likeness (QED) is 0.913. The molecule has 0 radical (unpaired) electrons. The van der Waals surface area contributed by atoms with E-state index >= 15 is 0 Å². The molecule has 1 unspecified atom stereocenters. The summed E-state index contributed by atoms with van der Waals surface area (Å²) in [5.41, 5.74) is 9.45. The van der Waals surface area contributed by atoms with Crippen molar-refractivity contribution in [2.24, 2.45) is 5.73 Å². The zero-order valence-corrected chi connectivity index (χ0v) is 12.2. The Morgan fingerprint density at radius 1 is 1.10 bits per heavy atom. The average molecular weight is 288 g/mol. The minimum atomic E-state index is -0.164. The van der Waals surface area contributed by atoms with Crippen LogP contribution in [0.4, 0.5) is 0 Å². The molecule has 3 rings (SSSR count). The zero-order valence-electron chi connectivity index (χ0n) is 11.5. The fourth-order valence-electron chi connectivity index (χ4n) is 2.13. The zero-order chi connectivity index (χ0) is 14.1. The Kier molecular flexibility index (Phi) is 3.68. The lowest BCUT2D eigenvalue weighted by molar-refractivity contribution is 0.303. The Morgan fingerprint density at radius 2 is 1.75 bits per heavy atom. The summed E-state index contributed by atoms with van der Waals surface area (Å²) in [7, 11) is 0. The molecule has 3 heteroatoms. The van der Waals surface area contributed by atoms with Crippen molar-refractivity contribution in [1.29, 1.82) is 0 Å². The maximum Gasteiger partial charge on any atom is 0.119 e. The van der Waals surface area contributed by atoms with Crippen molar-refractivity contribution in [2.45, 2.75) is 31.9 Å². The summed E-state index contributed by atoms with van der Waals surface area (Å²) in [6.07, 6.45) is 2.76. The highest BCUT2D eigenvalue weighted by Gasteiger charge is 2.23. The van der Waals surface area contributed by atoms with Gasteiger partial charge in [-0.1, -0.05) is 35.9 Å². The number of nitrogens with two attached hydrogens (primary N) is 1. The molecular formula is C17H18ClNO. The van der Waals surface area contributed by atoms with Gasteiger partial charge in [-0.15, -0.1) is 0 Å². The molecule has 2 aromatic carbocycles. The van der Waals surface area contributed by atoms with Gasteiger partial charge in [0.25, 0.3) is 0 Å². The van der Waals surface area contributed by atoms with Gasteiger partial charge in [0.05, 0.1) is 12.1 Å². The van der Waals surface area contributed by atoms with Gasteiger partial charge in [0.15, 0.2) is 0 Å². The summed E-state index contributed by atoms with van der Waals surface area (Å²) in [5.74, 6) is 0.922. The number of hydrogen-bond donors (Lipinski definition) is 1. The number of halogens is 1. The number of benzene rings is 2. The molecule has 2 aromatic rings. The number of rotatable bonds is 4. The molecular weight excluding hydrogens is 270 g/mol. The Morgan fingerprint density at radius 3 is 2.35 bits per heavy atom. The molecule has 0 aliphatic heterocycles. The van der Waals surface area contributed by atoms with Crippen LogP contribution in [-0.2, 0) is 0 Å². The third kappa shape index (κ3) is 2.97. The van der Waals surface area contributed by atoms with E-state index in [4.69, 9.17) is 22.1 Å². The first-order valence-corrected chi connectivity index (χ1v) is 7.29. The van der Waals surface area contributed by atoms with E-state index in [1.54, 1.807) is 0 Å². The fourth-order valence-corrected chi connectivity index (χ4v) is 2.32. The molecule has 0 bridgehead atoms. The van der Waals surface area contributed by atoms with Crippen molar-refractivity contribution in [3.63, 3.8) is 0 Å². The van der Waals surface area contributed by atoms with E-state index in [1.807, 2.05) is 49.4 Å². The van der Waals surface area contributed by atoms with E-state index in [-0.39, 0.29) is 6.04 Å². The molecule has 0 spiro atoms. The van der Waals surface area contributed by atoms with E-state index in [9.17, 15) is 0 Å². The third-order valence-corrected chi connectivity index (χ3v) is 4.03. The largest absolute Gasteiger partial charge is 0.490 e. The second kappa shape index (κ2) is 5.47. The Bertz CT molecular complexity index is 605. The first-order chi connectivity index (χ1) is 9.63. The van der Waals surface area contributed by atoms with Crippen LogP contribution in [0.3, 0.4) is 0 Å². The monoisotopic (exact) mass is 287 g/mol. The second-order valence-electron chi connectivity index (χ2n) is 5.37. The second-order valence-corrected chi connectivity index (χ2v) is 5.78. The van der Waals surface area contributed by atoms with Crippen molar-refractivity contribution >= 4 is 11.6 Å². The van der Waals surface area contributed by atoms with Crippen LogP contribution < -0.4 is 10.5 Å². The van der Waals surface area contributed by atoms with Crippen molar-refractivity contribution in [2.75, 3.05) is 0 Å². The van der Waals surface area contributed by atoms with Crippen LogP contribution in [-0.4, -0.2) is 6.10 Å². The molecule has 1 aliphatic carbocycles. The molecule has 2 nitrogen and oxygen atoms in total. The van der Waals surface area contributed by atoms with Crippen LogP contribution in [0.5, 0.6) is 5.75 Å². The smallest absolute Gasteiger partial charge is 0.119 e. The predicted octanol–water partition coefficient (Wildman–Crippen LogP) is 4.24. The molecule has 0 aromatic heterocycles. The van der Waals surface area contributed by atoms with Crippen LogP contribution in [0.2, 0.25) is 5.02 Å². The van der Waals surface area contributed by atoms with Gasteiger partial charge in [-0.05, 0) is 54.7 Å². The van der Waals surface area contributed by atoms with E-state index in [0.717, 1.165) is 27.5 Å². The first-order valence-electron chi connectivity index (χ1n) is 6.92. The molecule has 0 amide bonds. The fraction of sp³-hybridized carbons (Fsp3) is 0.294. The summed E-state index contributed by atoms with van der Waals surface area (Å²) in [5, 5.41) is 0.756.